The quantitative estimate of drug-likeness (QED) is 0.789. The van der Waals surface area contributed by atoms with E-state index in [4.69, 9.17) is 5.73 Å². The van der Waals surface area contributed by atoms with Gasteiger partial charge in [0.2, 0.25) is 0 Å². The predicted molar refractivity (Wildman–Crippen MR) is 65.3 cm³/mol. The van der Waals surface area contributed by atoms with Crippen molar-refractivity contribution in [3.05, 3.63) is 35.9 Å². The van der Waals surface area contributed by atoms with Gasteiger partial charge < -0.3 is 15.7 Å². The summed E-state index contributed by atoms with van der Waals surface area (Å²) in [4.78, 5) is 2.30. The van der Waals surface area contributed by atoms with Gasteiger partial charge in [0.1, 0.15) is 0 Å². The van der Waals surface area contributed by atoms with Crippen LogP contribution in [0.1, 0.15) is 17.9 Å². The van der Waals surface area contributed by atoms with Crippen LogP contribution >= 0.6 is 0 Å². The van der Waals surface area contributed by atoms with Crippen molar-refractivity contribution in [2.24, 2.45) is 5.73 Å². The Kier molecular flexibility index (Phi) is 3.93. The fraction of sp³-hybridized carbons (Fsp3) is 0.538. The van der Waals surface area contributed by atoms with E-state index in [0.717, 1.165) is 13.1 Å². The molecule has 1 saturated heterocycles. The van der Waals surface area contributed by atoms with Gasteiger partial charge in [0.15, 0.2) is 0 Å². The summed E-state index contributed by atoms with van der Waals surface area (Å²) in [6.45, 7) is 3.17. The smallest absolute Gasteiger partial charge is 0.0789 e. The second-order valence-electron chi connectivity index (χ2n) is 4.55. The third-order valence-electron chi connectivity index (χ3n) is 3.28. The summed E-state index contributed by atoms with van der Waals surface area (Å²) in [6.07, 6.45) is 0.802. The fourth-order valence-electron chi connectivity index (χ4n) is 2.37. The zero-order valence-corrected chi connectivity index (χ0v) is 9.55. The topological polar surface area (TPSA) is 49.5 Å². The third-order valence-corrected chi connectivity index (χ3v) is 3.28. The number of rotatable bonds is 4. The first-order valence-corrected chi connectivity index (χ1v) is 5.95. The van der Waals surface area contributed by atoms with Gasteiger partial charge >= 0.3 is 0 Å². The molecule has 2 atom stereocenters. The lowest BCUT2D eigenvalue weighted by Gasteiger charge is -2.19. The molecular weight excluding hydrogens is 200 g/mol. The molecule has 1 aromatic rings. The summed E-state index contributed by atoms with van der Waals surface area (Å²) in [5.74, 6) is 0.617. The molecule has 1 aromatic carbocycles. The van der Waals surface area contributed by atoms with Crippen LogP contribution in [0.2, 0.25) is 0 Å². The lowest BCUT2D eigenvalue weighted by molar-refractivity contribution is 0.131. The van der Waals surface area contributed by atoms with Crippen molar-refractivity contribution in [2.45, 2.75) is 18.4 Å². The van der Waals surface area contributed by atoms with Crippen LogP contribution in [0.5, 0.6) is 0 Å². The number of aliphatic hydroxyl groups is 1. The van der Waals surface area contributed by atoms with Crippen LogP contribution in [0, 0.1) is 0 Å². The number of nitrogens with zero attached hydrogens (tertiary/aromatic N) is 1. The fourth-order valence-corrected chi connectivity index (χ4v) is 2.37. The zero-order valence-electron chi connectivity index (χ0n) is 9.55. The van der Waals surface area contributed by atoms with E-state index >= 15 is 0 Å². The molecule has 3 heteroatoms. The average Bonchev–Trinajstić information content (AvgIpc) is 2.78. The zero-order chi connectivity index (χ0) is 11.4. The molecule has 1 fully saturated rings. The number of nitrogens with two attached hydrogens (primary N) is 1. The number of β-amino-alcohol motifs (C(OH)–C–C–N with tert-alkyl or cyclic N) is 1. The van der Waals surface area contributed by atoms with E-state index < -0.39 is 0 Å². The van der Waals surface area contributed by atoms with Gasteiger partial charge in [0.25, 0.3) is 0 Å². The number of hydrogen-bond donors (Lipinski definition) is 2. The molecule has 16 heavy (non-hydrogen) atoms. The van der Waals surface area contributed by atoms with E-state index in [2.05, 4.69) is 29.2 Å². The highest BCUT2D eigenvalue weighted by Gasteiger charge is 2.24. The Morgan fingerprint density at radius 3 is 2.81 bits per heavy atom. The van der Waals surface area contributed by atoms with E-state index in [0.29, 0.717) is 19.0 Å². The highest BCUT2D eigenvalue weighted by atomic mass is 16.3. The van der Waals surface area contributed by atoms with Crippen molar-refractivity contribution in [2.75, 3.05) is 26.2 Å². The van der Waals surface area contributed by atoms with Crippen LogP contribution < -0.4 is 5.73 Å². The van der Waals surface area contributed by atoms with Gasteiger partial charge in [0.05, 0.1) is 6.10 Å². The Bertz CT molecular complexity index is 315. The molecule has 0 spiro atoms. The van der Waals surface area contributed by atoms with E-state index in [9.17, 15) is 5.11 Å². The lowest BCUT2D eigenvalue weighted by Crippen LogP contribution is -2.35. The van der Waals surface area contributed by atoms with Crippen LogP contribution in [0.15, 0.2) is 30.3 Å². The minimum atomic E-state index is -0.380. The molecule has 1 aliphatic rings. The van der Waals surface area contributed by atoms with Crippen LogP contribution in [-0.4, -0.2) is 42.3 Å². The molecule has 0 amide bonds. The maximum Gasteiger partial charge on any atom is 0.0789 e. The maximum atomic E-state index is 9.51. The van der Waals surface area contributed by atoms with Crippen LogP contribution in [0.25, 0.3) is 0 Å². The van der Waals surface area contributed by atoms with Gasteiger partial charge in [0, 0.05) is 19.6 Å². The van der Waals surface area contributed by atoms with Gasteiger partial charge in [-0.25, -0.2) is 0 Å². The molecule has 2 rings (SSSR count). The lowest BCUT2D eigenvalue weighted by atomic mass is 9.99. The molecule has 2 unspecified atom stereocenters. The van der Waals surface area contributed by atoms with Crippen molar-refractivity contribution in [3.63, 3.8) is 0 Å². The summed E-state index contributed by atoms with van der Waals surface area (Å²) < 4.78 is 0. The van der Waals surface area contributed by atoms with E-state index in [-0.39, 0.29) is 6.10 Å². The summed E-state index contributed by atoms with van der Waals surface area (Å²) in [5.41, 5.74) is 6.83. The summed E-state index contributed by atoms with van der Waals surface area (Å²) in [6, 6.07) is 10.6. The molecule has 1 aliphatic heterocycles. The van der Waals surface area contributed by atoms with Gasteiger partial charge in [-0.15, -0.1) is 0 Å². The first-order chi connectivity index (χ1) is 7.79. The Morgan fingerprint density at radius 2 is 2.12 bits per heavy atom. The molecule has 1 heterocycles. The van der Waals surface area contributed by atoms with Gasteiger partial charge in [-0.1, -0.05) is 30.3 Å². The highest BCUT2D eigenvalue weighted by molar-refractivity contribution is 5.20. The molecule has 0 bridgehead atoms. The molecular formula is C13H20N2O. The van der Waals surface area contributed by atoms with E-state index in [1.807, 2.05) is 6.07 Å². The molecule has 0 saturated carbocycles. The normalized spacial score (nSPS) is 23.5. The van der Waals surface area contributed by atoms with Crippen molar-refractivity contribution in [1.82, 2.24) is 4.90 Å². The van der Waals surface area contributed by atoms with Crippen molar-refractivity contribution in [1.29, 1.82) is 0 Å². The Morgan fingerprint density at radius 1 is 1.38 bits per heavy atom. The molecule has 3 nitrogen and oxygen atoms in total. The van der Waals surface area contributed by atoms with Gasteiger partial charge in [-0.2, -0.15) is 0 Å². The maximum absolute atomic E-state index is 9.51. The Labute approximate surface area is 96.9 Å². The SMILES string of the molecule is NCC(O)CN1CCC(c2ccccc2)C1. The average molecular weight is 220 g/mol. The predicted octanol–water partition coefficient (Wildman–Crippen LogP) is 0.795. The summed E-state index contributed by atoms with van der Waals surface area (Å²) in [5, 5.41) is 9.51. The number of aliphatic hydroxyl groups excluding tert-OH is 1. The van der Waals surface area contributed by atoms with E-state index in [1.54, 1.807) is 0 Å². The molecule has 88 valence electrons. The second-order valence-corrected chi connectivity index (χ2v) is 4.55. The minimum Gasteiger partial charge on any atom is -0.390 e. The van der Waals surface area contributed by atoms with Crippen molar-refractivity contribution >= 4 is 0 Å². The van der Waals surface area contributed by atoms with Crippen molar-refractivity contribution < 1.29 is 5.11 Å². The Balaban J connectivity index is 1.89. The molecule has 3 N–H and O–H groups in total. The van der Waals surface area contributed by atoms with Crippen molar-refractivity contribution in [3.8, 4) is 0 Å². The number of benzene rings is 1. The van der Waals surface area contributed by atoms with Gasteiger partial charge in [-0.05, 0) is 24.4 Å². The third kappa shape index (κ3) is 2.82. The molecule has 0 radical (unpaired) electrons. The highest BCUT2D eigenvalue weighted by Crippen LogP contribution is 2.26. The minimum absolute atomic E-state index is 0.354. The standard InChI is InChI=1S/C13H20N2O/c14-8-13(16)10-15-7-6-12(9-15)11-4-2-1-3-5-11/h1-5,12-13,16H,6-10,14H2. The van der Waals surface area contributed by atoms with Crippen LogP contribution in [0.3, 0.4) is 0 Å². The Hall–Kier alpha value is -0.900. The number of likely N-dealkylation sites (tertiary alicyclic amines) is 1. The number of hydrogen-bond acceptors (Lipinski definition) is 3. The van der Waals surface area contributed by atoms with E-state index in [1.165, 1.54) is 12.0 Å². The molecule has 0 aromatic heterocycles. The molecule has 0 aliphatic carbocycles. The largest absolute Gasteiger partial charge is 0.390 e. The van der Waals surface area contributed by atoms with Crippen LogP contribution in [-0.2, 0) is 0 Å². The summed E-state index contributed by atoms with van der Waals surface area (Å²) >= 11 is 0. The van der Waals surface area contributed by atoms with Crippen LogP contribution in [0.4, 0.5) is 0 Å². The summed E-state index contributed by atoms with van der Waals surface area (Å²) in [7, 11) is 0. The first-order valence-electron chi connectivity index (χ1n) is 5.95. The second kappa shape index (κ2) is 5.43. The van der Waals surface area contributed by atoms with Gasteiger partial charge in [-0.3, -0.25) is 0 Å². The monoisotopic (exact) mass is 220 g/mol. The first kappa shape index (κ1) is 11.6.